The first-order valence-electron chi connectivity index (χ1n) is 8.82. The number of nitrogens with zero attached hydrogens (tertiary/aromatic N) is 1. The highest BCUT2D eigenvalue weighted by molar-refractivity contribution is 5.78. The topological polar surface area (TPSA) is 41.6 Å². The fourth-order valence-corrected chi connectivity index (χ4v) is 3.22. The molecule has 2 fully saturated rings. The minimum absolute atomic E-state index is 0.165. The Kier molecular flexibility index (Phi) is 5.21. The molecule has 0 aliphatic heterocycles. The smallest absolute Gasteiger partial charge is 0.234 e. The average Bonchev–Trinajstić information content (AvgIpc) is 3.45. The number of nitrogens with one attached hydrogen (secondary N) is 1. The molecule has 2 aliphatic carbocycles. The van der Waals surface area contributed by atoms with E-state index in [1.54, 1.807) is 7.11 Å². The molecule has 0 heterocycles. The van der Waals surface area contributed by atoms with Crippen LogP contribution in [0.3, 0.4) is 0 Å². The van der Waals surface area contributed by atoms with Crippen LogP contribution >= 0.6 is 0 Å². The van der Waals surface area contributed by atoms with E-state index >= 15 is 0 Å². The first-order valence-corrected chi connectivity index (χ1v) is 8.82. The zero-order valence-corrected chi connectivity index (χ0v) is 14.3. The largest absolute Gasteiger partial charge is 0.497 e. The Morgan fingerprint density at radius 1 is 1.26 bits per heavy atom. The van der Waals surface area contributed by atoms with Gasteiger partial charge in [0, 0.05) is 18.6 Å². The second-order valence-electron chi connectivity index (χ2n) is 6.93. The summed E-state index contributed by atoms with van der Waals surface area (Å²) < 4.78 is 5.16. The zero-order chi connectivity index (χ0) is 16.2. The SMILES string of the molecule is COc1ccc(CCNC(=O)CN(C2CC2)C(C)C2CC2)cc1. The van der Waals surface area contributed by atoms with Crippen molar-refractivity contribution in [3.63, 3.8) is 0 Å². The Morgan fingerprint density at radius 2 is 1.96 bits per heavy atom. The Balaban J connectivity index is 1.41. The Bertz CT molecular complexity index is 521. The number of hydrogen-bond donors (Lipinski definition) is 1. The molecule has 1 aromatic rings. The number of amides is 1. The molecule has 2 aliphatic rings. The van der Waals surface area contributed by atoms with Crippen molar-refractivity contribution in [1.82, 2.24) is 10.2 Å². The molecule has 4 nitrogen and oxygen atoms in total. The molecule has 2 saturated carbocycles. The van der Waals surface area contributed by atoms with Gasteiger partial charge in [0.15, 0.2) is 0 Å². The number of benzene rings is 1. The Hall–Kier alpha value is -1.55. The Morgan fingerprint density at radius 3 is 2.52 bits per heavy atom. The van der Waals surface area contributed by atoms with Crippen molar-refractivity contribution in [1.29, 1.82) is 0 Å². The minimum Gasteiger partial charge on any atom is -0.497 e. The van der Waals surface area contributed by atoms with Gasteiger partial charge in [0.05, 0.1) is 13.7 Å². The van der Waals surface area contributed by atoms with E-state index in [0.29, 0.717) is 25.2 Å². The van der Waals surface area contributed by atoms with Crippen LogP contribution in [0.2, 0.25) is 0 Å². The summed E-state index contributed by atoms with van der Waals surface area (Å²) in [7, 11) is 1.67. The van der Waals surface area contributed by atoms with E-state index < -0.39 is 0 Å². The molecule has 4 heteroatoms. The van der Waals surface area contributed by atoms with E-state index in [0.717, 1.165) is 18.1 Å². The summed E-state index contributed by atoms with van der Waals surface area (Å²) in [5.74, 6) is 1.85. The van der Waals surface area contributed by atoms with Crippen molar-refractivity contribution in [3.8, 4) is 5.75 Å². The lowest BCUT2D eigenvalue weighted by Gasteiger charge is -2.28. The lowest BCUT2D eigenvalue weighted by Crippen LogP contribution is -2.44. The third kappa shape index (κ3) is 4.71. The van der Waals surface area contributed by atoms with E-state index in [1.807, 2.05) is 12.1 Å². The van der Waals surface area contributed by atoms with Gasteiger partial charge in [-0.15, -0.1) is 0 Å². The van der Waals surface area contributed by atoms with Crippen LogP contribution < -0.4 is 10.1 Å². The number of ether oxygens (including phenoxy) is 1. The number of rotatable bonds is 9. The highest BCUT2D eigenvalue weighted by Crippen LogP contribution is 2.39. The van der Waals surface area contributed by atoms with Gasteiger partial charge in [0.2, 0.25) is 5.91 Å². The average molecular weight is 316 g/mol. The molecule has 1 aromatic carbocycles. The highest BCUT2D eigenvalue weighted by Gasteiger charge is 2.39. The van der Waals surface area contributed by atoms with Crippen LogP contribution in [-0.2, 0) is 11.2 Å². The Labute approximate surface area is 139 Å². The van der Waals surface area contributed by atoms with Gasteiger partial charge in [0.1, 0.15) is 5.75 Å². The molecule has 1 amide bonds. The van der Waals surface area contributed by atoms with Crippen LogP contribution in [0.15, 0.2) is 24.3 Å². The van der Waals surface area contributed by atoms with Crippen LogP contribution in [0.1, 0.15) is 38.2 Å². The second-order valence-corrected chi connectivity index (χ2v) is 6.93. The van der Waals surface area contributed by atoms with Crippen molar-refractivity contribution in [2.45, 2.75) is 51.1 Å². The van der Waals surface area contributed by atoms with Crippen molar-refractivity contribution < 1.29 is 9.53 Å². The first kappa shape index (κ1) is 16.3. The van der Waals surface area contributed by atoms with Gasteiger partial charge in [-0.25, -0.2) is 0 Å². The van der Waals surface area contributed by atoms with Gasteiger partial charge in [-0.05, 0) is 62.6 Å². The fourth-order valence-electron chi connectivity index (χ4n) is 3.22. The lowest BCUT2D eigenvalue weighted by atomic mass is 10.1. The van der Waals surface area contributed by atoms with Gasteiger partial charge < -0.3 is 10.1 Å². The molecule has 0 aromatic heterocycles. The fraction of sp³-hybridized carbons (Fsp3) is 0.632. The number of methoxy groups -OCH3 is 1. The third-order valence-corrected chi connectivity index (χ3v) is 5.06. The summed E-state index contributed by atoms with van der Waals surface area (Å²) in [4.78, 5) is 14.7. The van der Waals surface area contributed by atoms with Crippen LogP contribution in [0.5, 0.6) is 5.75 Å². The maximum Gasteiger partial charge on any atom is 0.234 e. The molecule has 0 bridgehead atoms. The van der Waals surface area contributed by atoms with Crippen molar-refractivity contribution in [3.05, 3.63) is 29.8 Å². The minimum atomic E-state index is 0.165. The van der Waals surface area contributed by atoms with Crippen LogP contribution in [0.25, 0.3) is 0 Å². The van der Waals surface area contributed by atoms with Crippen LogP contribution in [0.4, 0.5) is 0 Å². The molecule has 1 N–H and O–H groups in total. The highest BCUT2D eigenvalue weighted by atomic mass is 16.5. The molecule has 3 rings (SSSR count). The van der Waals surface area contributed by atoms with Gasteiger partial charge >= 0.3 is 0 Å². The number of carbonyl (C=O) groups excluding carboxylic acids is 1. The quantitative estimate of drug-likeness (QED) is 0.761. The number of hydrogen-bond acceptors (Lipinski definition) is 3. The van der Waals surface area contributed by atoms with Crippen molar-refractivity contribution in [2.75, 3.05) is 20.2 Å². The maximum absolute atomic E-state index is 12.3. The second kappa shape index (κ2) is 7.35. The zero-order valence-electron chi connectivity index (χ0n) is 14.3. The predicted octanol–water partition coefficient (Wildman–Crippen LogP) is 2.62. The molecular formula is C19H28N2O2. The summed E-state index contributed by atoms with van der Waals surface area (Å²) in [5, 5.41) is 3.08. The van der Waals surface area contributed by atoms with Gasteiger partial charge in [-0.3, -0.25) is 9.69 Å². The van der Waals surface area contributed by atoms with Crippen LogP contribution in [-0.4, -0.2) is 43.1 Å². The van der Waals surface area contributed by atoms with Gasteiger partial charge in [-0.1, -0.05) is 12.1 Å². The maximum atomic E-state index is 12.3. The summed E-state index contributed by atoms with van der Waals surface area (Å²) in [6, 6.07) is 9.24. The molecule has 0 radical (unpaired) electrons. The predicted molar refractivity (Wildman–Crippen MR) is 91.6 cm³/mol. The number of carbonyl (C=O) groups is 1. The summed E-state index contributed by atoms with van der Waals surface area (Å²) in [5.41, 5.74) is 1.22. The molecule has 1 unspecified atom stereocenters. The molecule has 1 atom stereocenters. The van der Waals surface area contributed by atoms with Crippen molar-refractivity contribution in [2.24, 2.45) is 5.92 Å². The van der Waals surface area contributed by atoms with E-state index in [-0.39, 0.29) is 5.91 Å². The van der Waals surface area contributed by atoms with E-state index in [1.165, 1.54) is 31.2 Å². The first-order chi connectivity index (χ1) is 11.2. The van der Waals surface area contributed by atoms with E-state index in [9.17, 15) is 4.79 Å². The third-order valence-electron chi connectivity index (χ3n) is 5.06. The molecular weight excluding hydrogens is 288 g/mol. The standard InChI is InChI=1S/C19H28N2O2/c1-14(16-5-6-16)21(17-7-8-17)13-19(22)20-12-11-15-3-9-18(23-2)10-4-15/h3-4,9-10,14,16-17H,5-8,11-13H2,1-2H3,(H,20,22). The molecule has 23 heavy (non-hydrogen) atoms. The molecule has 0 spiro atoms. The lowest BCUT2D eigenvalue weighted by molar-refractivity contribution is -0.123. The van der Waals surface area contributed by atoms with Crippen molar-refractivity contribution >= 4 is 5.91 Å². The summed E-state index contributed by atoms with van der Waals surface area (Å²) in [6.07, 6.45) is 6.05. The van der Waals surface area contributed by atoms with E-state index in [2.05, 4.69) is 29.3 Å². The normalized spacial score (nSPS) is 18.7. The summed E-state index contributed by atoms with van der Waals surface area (Å²) >= 11 is 0. The molecule has 0 saturated heterocycles. The monoisotopic (exact) mass is 316 g/mol. The summed E-state index contributed by atoms with van der Waals surface area (Å²) in [6.45, 7) is 3.55. The van der Waals surface area contributed by atoms with Gasteiger partial charge in [0.25, 0.3) is 0 Å². The van der Waals surface area contributed by atoms with E-state index in [4.69, 9.17) is 4.74 Å². The van der Waals surface area contributed by atoms with Crippen LogP contribution in [0, 0.1) is 5.92 Å². The molecule has 126 valence electrons. The van der Waals surface area contributed by atoms with Gasteiger partial charge in [-0.2, -0.15) is 0 Å².